The first-order valence-corrected chi connectivity index (χ1v) is 11.0. The maximum atomic E-state index is 12.3. The quantitative estimate of drug-likeness (QED) is 0.694. The zero-order valence-corrected chi connectivity index (χ0v) is 17.3. The van der Waals surface area contributed by atoms with Crippen molar-refractivity contribution in [3.05, 3.63) is 42.7 Å². The Morgan fingerprint density at radius 3 is 2.73 bits per heavy atom. The van der Waals surface area contributed by atoms with Crippen molar-refractivity contribution in [2.24, 2.45) is 0 Å². The SMILES string of the molecule is COc1cc(-c2ccnc(N3CCCCC3)c2)c2cnn(C3=CC(=O)NS3=O)c2c1. The predicted molar refractivity (Wildman–Crippen MR) is 116 cm³/mol. The monoisotopic (exact) mass is 423 g/mol. The van der Waals surface area contributed by atoms with Gasteiger partial charge in [-0.1, -0.05) is 0 Å². The second kappa shape index (κ2) is 7.56. The number of hydrogen-bond acceptors (Lipinski definition) is 6. The maximum Gasteiger partial charge on any atom is 0.258 e. The van der Waals surface area contributed by atoms with Crippen LogP contribution < -0.4 is 14.4 Å². The lowest BCUT2D eigenvalue weighted by Gasteiger charge is -2.28. The van der Waals surface area contributed by atoms with Gasteiger partial charge in [0.25, 0.3) is 5.91 Å². The third-order valence-electron chi connectivity index (χ3n) is 5.48. The Labute approximate surface area is 176 Å². The topological polar surface area (TPSA) is 89.3 Å². The molecule has 9 heteroatoms. The lowest BCUT2D eigenvalue weighted by atomic mass is 10.0. The van der Waals surface area contributed by atoms with Crippen molar-refractivity contribution >= 4 is 38.6 Å². The number of methoxy groups -OCH3 is 1. The molecule has 2 aliphatic rings. The van der Waals surface area contributed by atoms with Crippen LogP contribution in [0.1, 0.15) is 19.3 Å². The minimum absolute atomic E-state index is 0.304. The normalized spacial score (nSPS) is 19.1. The van der Waals surface area contributed by atoms with Gasteiger partial charge in [-0.3, -0.25) is 9.52 Å². The molecule has 1 N–H and O–H groups in total. The van der Waals surface area contributed by atoms with E-state index < -0.39 is 16.9 Å². The molecule has 1 unspecified atom stereocenters. The van der Waals surface area contributed by atoms with Gasteiger partial charge in [0.2, 0.25) is 0 Å². The molecule has 0 spiro atoms. The Morgan fingerprint density at radius 2 is 2.00 bits per heavy atom. The van der Waals surface area contributed by atoms with Crippen molar-refractivity contribution in [1.82, 2.24) is 19.5 Å². The highest BCUT2D eigenvalue weighted by Crippen LogP contribution is 2.35. The summed E-state index contributed by atoms with van der Waals surface area (Å²) in [6, 6.07) is 7.86. The Bertz CT molecular complexity index is 1200. The summed E-state index contributed by atoms with van der Waals surface area (Å²) in [5.74, 6) is 1.22. The Hall–Kier alpha value is -3.20. The summed E-state index contributed by atoms with van der Waals surface area (Å²) >= 11 is 0. The molecular weight excluding hydrogens is 402 g/mol. The number of carbonyl (C=O) groups excluding carboxylic acids is 1. The lowest BCUT2D eigenvalue weighted by Crippen LogP contribution is -2.30. The second-order valence-electron chi connectivity index (χ2n) is 7.33. The first-order chi connectivity index (χ1) is 14.6. The molecule has 0 aliphatic carbocycles. The molecular formula is C21H21N5O3S. The van der Waals surface area contributed by atoms with E-state index in [0.29, 0.717) is 10.8 Å². The number of nitrogens with zero attached hydrogens (tertiary/aromatic N) is 4. The van der Waals surface area contributed by atoms with Gasteiger partial charge >= 0.3 is 0 Å². The molecule has 0 saturated carbocycles. The van der Waals surface area contributed by atoms with Crippen molar-refractivity contribution in [2.45, 2.75) is 19.3 Å². The number of amides is 1. The summed E-state index contributed by atoms with van der Waals surface area (Å²) in [7, 11) is -0.0317. The molecule has 2 aliphatic heterocycles. The Kier molecular flexibility index (Phi) is 4.74. The third kappa shape index (κ3) is 3.24. The number of ether oxygens (including phenoxy) is 1. The number of aromatic nitrogens is 3. The van der Waals surface area contributed by atoms with Gasteiger partial charge in [-0.05, 0) is 48.6 Å². The molecule has 2 aromatic heterocycles. The van der Waals surface area contributed by atoms with Crippen molar-refractivity contribution in [3.8, 4) is 16.9 Å². The maximum absolute atomic E-state index is 12.3. The summed E-state index contributed by atoms with van der Waals surface area (Å²) in [6.07, 6.45) is 8.49. The average Bonchev–Trinajstić information content (AvgIpc) is 3.35. The van der Waals surface area contributed by atoms with Crippen LogP contribution in [0.5, 0.6) is 5.75 Å². The van der Waals surface area contributed by atoms with Gasteiger partial charge in [-0.25, -0.2) is 13.9 Å². The Balaban J connectivity index is 1.64. The molecule has 1 amide bonds. The molecule has 0 bridgehead atoms. The van der Waals surface area contributed by atoms with Crippen molar-refractivity contribution in [3.63, 3.8) is 0 Å². The fourth-order valence-electron chi connectivity index (χ4n) is 3.99. The number of nitrogens with one attached hydrogen (secondary N) is 1. The van der Waals surface area contributed by atoms with Gasteiger partial charge in [0.1, 0.15) is 11.6 Å². The van der Waals surface area contributed by atoms with E-state index in [-0.39, 0.29) is 0 Å². The van der Waals surface area contributed by atoms with Crippen LogP contribution in [0.2, 0.25) is 0 Å². The highest BCUT2D eigenvalue weighted by Gasteiger charge is 2.24. The molecule has 30 heavy (non-hydrogen) atoms. The minimum Gasteiger partial charge on any atom is -0.497 e. The van der Waals surface area contributed by atoms with Crippen LogP contribution in [-0.4, -0.2) is 45.1 Å². The van der Waals surface area contributed by atoms with E-state index in [0.717, 1.165) is 40.9 Å². The molecule has 5 rings (SSSR count). The van der Waals surface area contributed by atoms with Crippen LogP contribution in [-0.2, 0) is 15.8 Å². The molecule has 154 valence electrons. The predicted octanol–water partition coefficient (Wildman–Crippen LogP) is 2.69. The highest BCUT2D eigenvalue weighted by atomic mass is 32.2. The zero-order chi connectivity index (χ0) is 20.7. The summed E-state index contributed by atoms with van der Waals surface area (Å²) in [5, 5.41) is 5.60. The fourth-order valence-corrected chi connectivity index (χ4v) is 4.86. The van der Waals surface area contributed by atoms with Crippen LogP contribution in [0.3, 0.4) is 0 Å². The molecule has 1 fully saturated rings. The summed E-state index contributed by atoms with van der Waals surface area (Å²) in [4.78, 5) is 18.5. The van der Waals surface area contributed by atoms with Gasteiger partial charge in [-0.15, -0.1) is 0 Å². The third-order valence-corrected chi connectivity index (χ3v) is 6.54. The van der Waals surface area contributed by atoms with Crippen LogP contribution in [0, 0.1) is 0 Å². The summed E-state index contributed by atoms with van der Waals surface area (Å²) in [6.45, 7) is 2.03. The van der Waals surface area contributed by atoms with Crippen LogP contribution in [0.15, 0.2) is 42.7 Å². The van der Waals surface area contributed by atoms with E-state index >= 15 is 0 Å². The smallest absolute Gasteiger partial charge is 0.258 e. The second-order valence-corrected chi connectivity index (χ2v) is 8.49. The van der Waals surface area contributed by atoms with Gasteiger partial charge < -0.3 is 9.64 Å². The molecule has 1 aromatic carbocycles. The number of pyridine rings is 1. The van der Waals surface area contributed by atoms with Crippen LogP contribution in [0.25, 0.3) is 27.1 Å². The number of carbonyl (C=O) groups is 1. The van der Waals surface area contributed by atoms with Crippen LogP contribution in [0.4, 0.5) is 5.82 Å². The van der Waals surface area contributed by atoms with E-state index in [1.807, 2.05) is 24.4 Å². The van der Waals surface area contributed by atoms with Gasteiger partial charge in [-0.2, -0.15) is 5.10 Å². The van der Waals surface area contributed by atoms with Crippen LogP contribution >= 0.6 is 0 Å². The molecule has 3 aromatic rings. The highest BCUT2D eigenvalue weighted by molar-refractivity contribution is 7.93. The Morgan fingerprint density at radius 1 is 1.17 bits per heavy atom. The van der Waals surface area contributed by atoms with Gasteiger partial charge in [0.05, 0.1) is 18.8 Å². The standard InChI is InChI=1S/C21H21N5O3S/c1-29-15-10-16(14-5-6-22-19(9-14)25-7-3-2-4-8-25)17-13-23-26(18(17)11-15)21-12-20(27)24-30(21)28/h5-6,9-13H,2-4,7-8H2,1H3,(H,24,27). The number of benzene rings is 1. The lowest BCUT2D eigenvalue weighted by molar-refractivity contribution is -0.114. The molecule has 0 radical (unpaired) electrons. The van der Waals surface area contributed by atoms with Crippen molar-refractivity contribution in [1.29, 1.82) is 0 Å². The first kappa shape index (κ1) is 18.8. The van der Waals surface area contributed by atoms with Crippen molar-refractivity contribution in [2.75, 3.05) is 25.1 Å². The fraction of sp³-hybridized carbons (Fsp3) is 0.286. The van der Waals surface area contributed by atoms with Gasteiger partial charge in [0, 0.05) is 36.8 Å². The number of anilines is 1. The number of hydrogen-bond donors (Lipinski definition) is 1. The number of rotatable bonds is 4. The molecule has 1 saturated heterocycles. The molecule has 8 nitrogen and oxygen atoms in total. The summed E-state index contributed by atoms with van der Waals surface area (Å²) < 4.78 is 21.7. The zero-order valence-electron chi connectivity index (χ0n) is 16.5. The van der Waals surface area contributed by atoms with E-state index in [1.165, 1.54) is 30.0 Å². The number of fused-ring (bicyclic) bond motifs is 1. The molecule has 1 atom stereocenters. The van der Waals surface area contributed by atoms with E-state index in [1.54, 1.807) is 13.3 Å². The largest absolute Gasteiger partial charge is 0.497 e. The van der Waals surface area contributed by atoms with E-state index in [9.17, 15) is 9.00 Å². The van der Waals surface area contributed by atoms with E-state index in [2.05, 4.69) is 25.8 Å². The van der Waals surface area contributed by atoms with Gasteiger partial charge in [0.15, 0.2) is 16.0 Å². The van der Waals surface area contributed by atoms with E-state index in [4.69, 9.17) is 4.74 Å². The van der Waals surface area contributed by atoms with Crippen molar-refractivity contribution < 1.29 is 13.7 Å². The average molecular weight is 423 g/mol. The number of piperidine rings is 1. The molecule has 4 heterocycles. The minimum atomic E-state index is -1.64. The summed E-state index contributed by atoms with van der Waals surface area (Å²) in [5.41, 5.74) is 2.67. The first-order valence-electron chi connectivity index (χ1n) is 9.85.